The van der Waals surface area contributed by atoms with E-state index in [0.29, 0.717) is 37.4 Å². The molecule has 0 amide bonds. The van der Waals surface area contributed by atoms with E-state index in [1.807, 2.05) is 31.2 Å². The molecule has 0 aliphatic carbocycles. The third kappa shape index (κ3) is 8.63. The SMILES string of the molecule is C=C(C)C(=O)OCCCOc1ccc(C(C)(C)c2ccc(OCC(C)C=C(C)C(=O)O)cc2)cc1. The van der Waals surface area contributed by atoms with Crippen LogP contribution in [0.5, 0.6) is 11.5 Å². The predicted octanol–water partition coefficient (Wildman–Crippen LogP) is 5.95. The largest absolute Gasteiger partial charge is 0.493 e. The molecule has 1 N–H and O–H groups in total. The number of hydrogen-bond acceptors (Lipinski definition) is 5. The zero-order valence-electron chi connectivity index (χ0n) is 21.3. The fourth-order valence-electron chi connectivity index (χ4n) is 3.41. The van der Waals surface area contributed by atoms with E-state index >= 15 is 0 Å². The Kier molecular flexibility index (Phi) is 10.1. The lowest BCUT2D eigenvalue weighted by Crippen LogP contribution is -2.18. The van der Waals surface area contributed by atoms with Crippen LogP contribution in [0.3, 0.4) is 0 Å². The summed E-state index contributed by atoms with van der Waals surface area (Å²) >= 11 is 0. The summed E-state index contributed by atoms with van der Waals surface area (Å²) in [5, 5.41) is 8.99. The summed E-state index contributed by atoms with van der Waals surface area (Å²) in [5.74, 6) is 0.212. The van der Waals surface area contributed by atoms with Crippen molar-refractivity contribution in [2.75, 3.05) is 19.8 Å². The van der Waals surface area contributed by atoms with Crippen LogP contribution in [0.2, 0.25) is 0 Å². The van der Waals surface area contributed by atoms with E-state index in [1.165, 1.54) is 0 Å². The molecule has 2 aromatic carbocycles. The first kappa shape index (κ1) is 27.7. The Hall–Kier alpha value is -3.54. The lowest BCUT2D eigenvalue weighted by atomic mass is 9.78. The molecule has 0 bridgehead atoms. The molecule has 2 aromatic rings. The number of ether oxygens (including phenoxy) is 3. The summed E-state index contributed by atoms with van der Waals surface area (Å²) in [6, 6.07) is 16.0. The zero-order valence-corrected chi connectivity index (χ0v) is 21.3. The van der Waals surface area contributed by atoms with Crippen LogP contribution in [0.4, 0.5) is 0 Å². The molecular weight excluding hydrogens is 444 g/mol. The van der Waals surface area contributed by atoms with E-state index in [-0.39, 0.29) is 17.3 Å². The van der Waals surface area contributed by atoms with Gasteiger partial charge in [0.05, 0.1) is 19.8 Å². The molecule has 0 spiro atoms. The molecule has 0 radical (unpaired) electrons. The molecule has 2 rings (SSSR count). The lowest BCUT2D eigenvalue weighted by Gasteiger charge is -2.26. The minimum atomic E-state index is -0.912. The summed E-state index contributed by atoms with van der Waals surface area (Å²) in [7, 11) is 0. The average molecular weight is 481 g/mol. The van der Waals surface area contributed by atoms with Gasteiger partial charge in [0.1, 0.15) is 11.5 Å². The van der Waals surface area contributed by atoms with Gasteiger partial charge in [-0.3, -0.25) is 0 Å². The van der Waals surface area contributed by atoms with Crippen molar-refractivity contribution in [3.05, 3.63) is 83.5 Å². The minimum absolute atomic E-state index is 0.00527. The van der Waals surface area contributed by atoms with Gasteiger partial charge < -0.3 is 19.3 Å². The second-order valence-corrected chi connectivity index (χ2v) is 9.24. The Morgan fingerprint density at radius 1 is 0.943 bits per heavy atom. The molecular formula is C29H36O6. The van der Waals surface area contributed by atoms with Gasteiger partial charge in [-0.15, -0.1) is 0 Å². The maximum absolute atomic E-state index is 11.4. The van der Waals surface area contributed by atoms with Crippen LogP contribution in [-0.4, -0.2) is 36.9 Å². The minimum Gasteiger partial charge on any atom is -0.493 e. The monoisotopic (exact) mass is 480 g/mol. The first-order chi connectivity index (χ1) is 16.5. The standard InChI is InChI=1S/C29H36O6/c1-20(2)28(32)34-17-7-16-33-25-12-8-23(9-13-25)29(5,6)24-10-14-26(15-11-24)35-19-21(3)18-22(4)27(30)31/h8-15,18,21H,1,7,16-17,19H2,2-6H3,(H,30,31). The Morgan fingerprint density at radius 2 is 1.46 bits per heavy atom. The molecule has 6 nitrogen and oxygen atoms in total. The van der Waals surface area contributed by atoms with Gasteiger partial charge in [-0.05, 0) is 49.2 Å². The Balaban J connectivity index is 1.89. The van der Waals surface area contributed by atoms with Crippen molar-refractivity contribution in [2.24, 2.45) is 5.92 Å². The highest BCUT2D eigenvalue weighted by Crippen LogP contribution is 2.33. The van der Waals surface area contributed by atoms with Gasteiger partial charge in [0, 0.05) is 28.9 Å². The molecule has 188 valence electrons. The maximum Gasteiger partial charge on any atom is 0.333 e. The quantitative estimate of drug-likeness (QED) is 0.217. The number of esters is 1. The van der Waals surface area contributed by atoms with E-state index in [9.17, 15) is 9.59 Å². The molecule has 0 saturated carbocycles. The number of rotatable bonds is 13. The molecule has 0 aliphatic heterocycles. The number of benzene rings is 2. The summed E-state index contributed by atoms with van der Waals surface area (Å²) in [6.07, 6.45) is 2.31. The van der Waals surface area contributed by atoms with Crippen LogP contribution in [0, 0.1) is 5.92 Å². The average Bonchev–Trinajstić information content (AvgIpc) is 2.82. The van der Waals surface area contributed by atoms with Crippen LogP contribution < -0.4 is 9.47 Å². The fraction of sp³-hybridized carbons (Fsp3) is 0.379. The molecule has 0 heterocycles. The Bertz CT molecular complexity index is 1030. The zero-order chi connectivity index (χ0) is 26.0. The Labute approximate surface area is 208 Å². The van der Waals surface area contributed by atoms with Gasteiger partial charge >= 0.3 is 11.9 Å². The summed E-state index contributed by atoms with van der Waals surface area (Å²) in [4.78, 5) is 22.3. The number of carboxylic acids is 1. The van der Waals surface area contributed by atoms with Gasteiger partial charge in [-0.2, -0.15) is 0 Å². The third-order valence-corrected chi connectivity index (χ3v) is 5.68. The van der Waals surface area contributed by atoms with Crippen LogP contribution in [-0.2, 0) is 19.7 Å². The van der Waals surface area contributed by atoms with E-state index in [1.54, 1.807) is 19.9 Å². The van der Waals surface area contributed by atoms with E-state index in [0.717, 1.165) is 22.6 Å². The first-order valence-corrected chi connectivity index (χ1v) is 11.7. The van der Waals surface area contributed by atoms with Crippen molar-refractivity contribution < 1.29 is 28.9 Å². The topological polar surface area (TPSA) is 82.1 Å². The highest BCUT2D eigenvalue weighted by atomic mass is 16.5. The third-order valence-electron chi connectivity index (χ3n) is 5.68. The summed E-state index contributed by atoms with van der Waals surface area (Å²) in [6.45, 7) is 14.2. The van der Waals surface area contributed by atoms with Crippen LogP contribution in [0.15, 0.2) is 72.3 Å². The molecule has 6 heteroatoms. The van der Waals surface area contributed by atoms with Crippen molar-refractivity contribution in [2.45, 2.75) is 46.5 Å². The van der Waals surface area contributed by atoms with Crippen molar-refractivity contribution in [1.29, 1.82) is 0 Å². The van der Waals surface area contributed by atoms with Gasteiger partial charge in [0.25, 0.3) is 0 Å². The molecule has 35 heavy (non-hydrogen) atoms. The maximum atomic E-state index is 11.4. The second kappa shape index (κ2) is 12.8. The van der Waals surface area contributed by atoms with Crippen LogP contribution in [0.25, 0.3) is 0 Å². The summed E-state index contributed by atoms with van der Waals surface area (Å²) in [5.41, 5.74) is 2.78. The van der Waals surface area contributed by atoms with E-state index < -0.39 is 5.97 Å². The highest BCUT2D eigenvalue weighted by Gasteiger charge is 2.23. The van der Waals surface area contributed by atoms with Crippen LogP contribution in [0.1, 0.15) is 52.2 Å². The number of aliphatic carboxylic acids is 1. The number of carbonyl (C=O) groups excluding carboxylic acids is 1. The molecule has 0 aromatic heterocycles. The van der Waals surface area contributed by atoms with Crippen molar-refractivity contribution in [1.82, 2.24) is 0 Å². The van der Waals surface area contributed by atoms with Crippen molar-refractivity contribution in [3.8, 4) is 11.5 Å². The summed E-state index contributed by atoms with van der Waals surface area (Å²) < 4.78 is 16.6. The molecule has 0 aliphatic rings. The molecule has 1 unspecified atom stereocenters. The molecule has 0 saturated heterocycles. The Morgan fingerprint density at radius 3 is 1.94 bits per heavy atom. The van der Waals surface area contributed by atoms with Gasteiger partial charge in [0.2, 0.25) is 0 Å². The molecule has 0 fully saturated rings. The van der Waals surface area contributed by atoms with E-state index in [4.69, 9.17) is 19.3 Å². The second-order valence-electron chi connectivity index (χ2n) is 9.24. The highest BCUT2D eigenvalue weighted by molar-refractivity contribution is 5.87. The number of hydrogen-bond donors (Lipinski definition) is 1. The smallest absolute Gasteiger partial charge is 0.333 e. The number of carbonyl (C=O) groups is 2. The number of carboxylic acid groups (broad SMARTS) is 1. The normalized spacial score (nSPS) is 12.5. The van der Waals surface area contributed by atoms with Crippen molar-refractivity contribution in [3.63, 3.8) is 0 Å². The van der Waals surface area contributed by atoms with Crippen LogP contribution >= 0.6 is 0 Å². The van der Waals surface area contributed by atoms with Gasteiger partial charge in [-0.1, -0.05) is 57.7 Å². The van der Waals surface area contributed by atoms with Crippen molar-refractivity contribution >= 4 is 11.9 Å². The predicted molar refractivity (Wildman–Crippen MR) is 137 cm³/mol. The van der Waals surface area contributed by atoms with Gasteiger partial charge in [0.15, 0.2) is 0 Å². The van der Waals surface area contributed by atoms with E-state index in [2.05, 4.69) is 44.7 Å². The lowest BCUT2D eigenvalue weighted by molar-refractivity contribution is -0.139. The molecule has 1 atom stereocenters. The van der Waals surface area contributed by atoms with Gasteiger partial charge in [-0.25, -0.2) is 9.59 Å². The first-order valence-electron chi connectivity index (χ1n) is 11.7. The fourth-order valence-corrected chi connectivity index (χ4v) is 3.41.